The van der Waals surface area contributed by atoms with Gasteiger partial charge in [-0.25, -0.2) is 4.79 Å². The van der Waals surface area contributed by atoms with Crippen molar-refractivity contribution in [3.05, 3.63) is 34.2 Å². The minimum atomic E-state index is -0.0996. The molecule has 1 heterocycles. The molecule has 6 heteroatoms. The van der Waals surface area contributed by atoms with E-state index in [2.05, 4.69) is 15.3 Å². The number of carbonyl (C=O) groups excluding carboxylic acids is 1. The topological polar surface area (TPSA) is 81.1 Å². The van der Waals surface area contributed by atoms with Crippen molar-refractivity contribution in [1.29, 1.82) is 0 Å². The molecule has 0 spiro atoms. The molecule has 0 unspecified atom stereocenters. The molecule has 1 aliphatic rings. The molecular formula is C11H13N5O. The largest absolute Gasteiger partial charge is 0.338 e. The highest BCUT2D eigenvalue weighted by atomic mass is 16.2. The van der Waals surface area contributed by atoms with Crippen LogP contribution in [0.25, 0.3) is 10.4 Å². The van der Waals surface area contributed by atoms with Gasteiger partial charge < -0.3 is 5.32 Å². The number of benzene rings is 1. The Bertz CT molecular complexity index is 493. The van der Waals surface area contributed by atoms with Gasteiger partial charge in [0.1, 0.15) is 0 Å². The van der Waals surface area contributed by atoms with Crippen LogP contribution in [0, 0.1) is 6.92 Å². The maximum absolute atomic E-state index is 11.7. The number of hydrogen-bond acceptors (Lipinski definition) is 2. The van der Waals surface area contributed by atoms with Gasteiger partial charge in [-0.15, -0.1) is 0 Å². The molecular weight excluding hydrogens is 218 g/mol. The van der Waals surface area contributed by atoms with Gasteiger partial charge in [0, 0.05) is 29.4 Å². The lowest BCUT2D eigenvalue weighted by atomic mass is 10.1. The van der Waals surface area contributed by atoms with Gasteiger partial charge in [-0.1, -0.05) is 17.2 Å². The number of carbonyl (C=O) groups is 1. The van der Waals surface area contributed by atoms with Crippen molar-refractivity contribution in [3.63, 3.8) is 0 Å². The molecule has 0 bridgehead atoms. The molecule has 1 aromatic carbocycles. The molecule has 1 N–H and O–H groups in total. The molecule has 2 amide bonds. The molecule has 0 radical (unpaired) electrons. The summed E-state index contributed by atoms with van der Waals surface area (Å²) in [5.41, 5.74) is 10.6. The van der Waals surface area contributed by atoms with E-state index in [4.69, 9.17) is 5.53 Å². The van der Waals surface area contributed by atoms with Crippen molar-refractivity contribution in [2.24, 2.45) is 5.11 Å². The van der Waals surface area contributed by atoms with Crippen molar-refractivity contribution in [2.75, 3.05) is 18.0 Å². The van der Waals surface area contributed by atoms with E-state index >= 15 is 0 Å². The first-order valence-electron chi connectivity index (χ1n) is 5.44. The standard InChI is InChI=1S/C11H13N5O/c1-8-9(14-15-12)4-2-5-10(8)16-7-3-6-13-11(16)17/h2,4-5H,3,6-7H2,1H3,(H,13,17). The third-order valence-electron chi connectivity index (χ3n) is 2.80. The Morgan fingerprint density at radius 3 is 3.06 bits per heavy atom. The van der Waals surface area contributed by atoms with Crippen molar-refractivity contribution in [2.45, 2.75) is 13.3 Å². The molecule has 1 aromatic rings. The third kappa shape index (κ3) is 2.16. The number of anilines is 1. The van der Waals surface area contributed by atoms with E-state index in [9.17, 15) is 4.79 Å². The Kier molecular flexibility index (Phi) is 3.16. The van der Waals surface area contributed by atoms with E-state index in [1.165, 1.54) is 0 Å². The highest BCUT2D eigenvalue weighted by Gasteiger charge is 2.20. The van der Waals surface area contributed by atoms with Gasteiger partial charge >= 0.3 is 6.03 Å². The highest BCUT2D eigenvalue weighted by molar-refractivity contribution is 5.94. The number of hydrogen-bond donors (Lipinski definition) is 1. The molecule has 2 rings (SSSR count). The molecule has 0 saturated carbocycles. The van der Waals surface area contributed by atoms with E-state index in [0.29, 0.717) is 18.8 Å². The fraction of sp³-hybridized carbons (Fsp3) is 0.364. The van der Waals surface area contributed by atoms with Gasteiger partial charge in [0.15, 0.2) is 0 Å². The van der Waals surface area contributed by atoms with Crippen LogP contribution in [0.15, 0.2) is 23.3 Å². The van der Waals surface area contributed by atoms with E-state index in [-0.39, 0.29) is 6.03 Å². The fourth-order valence-electron chi connectivity index (χ4n) is 1.92. The number of nitrogens with zero attached hydrogens (tertiary/aromatic N) is 4. The fourth-order valence-corrected chi connectivity index (χ4v) is 1.92. The second kappa shape index (κ2) is 4.76. The van der Waals surface area contributed by atoms with Crippen LogP contribution in [0.5, 0.6) is 0 Å². The first-order chi connectivity index (χ1) is 8.24. The Balaban J connectivity index is 2.41. The zero-order chi connectivity index (χ0) is 12.3. The summed E-state index contributed by atoms with van der Waals surface area (Å²) in [6, 6.07) is 5.28. The SMILES string of the molecule is Cc1c(N=[N+]=[N-])cccc1N1CCCNC1=O. The monoisotopic (exact) mass is 231 g/mol. The van der Waals surface area contributed by atoms with E-state index in [1.54, 1.807) is 17.0 Å². The van der Waals surface area contributed by atoms with Gasteiger partial charge in [-0.3, -0.25) is 4.90 Å². The van der Waals surface area contributed by atoms with Crippen molar-refractivity contribution >= 4 is 17.4 Å². The van der Waals surface area contributed by atoms with Crippen molar-refractivity contribution < 1.29 is 4.79 Å². The first kappa shape index (κ1) is 11.3. The Morgan fingerprint density at radius 2 is 2.35 bits per heavy atom. The molecule has 17 heavy (non-hydrogen) atoms. The lowest BCUT2D eigenvalue weighted by Crippen LogP contribution is -2.46. The zero-order valence-corrected chi connectivity index (χ0v) is 9.55. The summed E-state index contributed by atoms with van der Waals surface area (Å²) < 4.78 is 0. The average Bonchev–Trinajstić information content (AvgIpc) is 2.33. The van der Waals surface area contributed by atoms with E-state index < -0.39 is 0 Å². The maximum Gasteiger partial charge on any atom is 0.321 e. The van der Waals surface area contributed by atoms with Gasteiger partial charge in [-0.2, -0.15) is 0 Å². The van der Waals surface area contributed by atoms with Gasteiger partial charge in [0.05, 0.1) is 0 Å². The van der Waals surface area contributed by atoms with Gasteiger partial charge in [0.25, 0.3) is 0 Å². The summed E-state index contributed by atoms with van der Waals surface area (Å²) in [5, 5.41) is 6.40. The van der Waals surface area contributed by atoms with Crippen LogP contribution in [-0.4, -0.2) is 19.1 Å². The predicted molar refractivity (Wildman–Crippen MR) is 65.3 cm³/mol. The normalized spacial score (nSPS) is 15.1. The van der Waals surface area contributed by atoms with Crippen LogP contribution in [0.2, 0.25) is 0 Å². The summed E-state index contributed by atoms with van der Waals surface area (Å²) in [4.78, 5) is 16.2. The van der Waals surface area contributed by atoms with Crippen LogP contribution in [-0.2, 0) is 0 Å². The molecule has 88 valence electrons. The second-order valence-corrected chi connectivity index (χ2v) is 3.85. The van der Waals surface area contributed by atoms with Crippen molar-refractivity contribution in [1.82, 2.24) is 5.32 Å². The summed E-state index contributed by atoms with van der Waals surface area (Å²) in [6.45, 7) is 3.25. The van der Waals surface area contributed by atoms with E-state index in [0.717, 1.165) is 17.7 Å². The Labute approximate surface area is 98.9 Å². The van der Waals surface area contributed by atoms with E-state index in [1.807, 2.05) is 13.0 Å². The van der Waals surface area contributed by atoms with Crippen LogP contribution < -0.4 is 10.2 Å². The number of nitrogens with one attached hydrogen (secondary N) is 1. The maximum atomic E-state index is 11.7. The van der Waals surface area contributed by atoms with Crippen LogP contribution >= 0.6 is 0 Å². The Morgan fingerprint density at radius 1 is 1.53 bits per heavy atom. The summed E-state index contributed by atoms with van der Waals surface area (Å²) in [7, 11) is 0. The van der Waals surface area contributed by atoms with Crippen LogP contribution in [0.4, 0.5) is 16.2 Å². The number of urea groups is 1. The van der Waals surface area contributed by atoms with Crippen LogP contribution in [0.3, 0.4) is 0 Å². The summed E-state index contributed by atoms with van der Waals surface area (Å²) in [6.07, 6.45) is 0.914. The minimum Gasteiger partial charge on any atom is -0.338 e. The number of rotatable bonds is 2. The van der Waals surface area contributed by atoms with Crippen molar-refractivity contribution in [3.8, 4) is 0 Å². The molecule has 1 saturated heterocycles. The quantitative estimate of drug-likeness (QED) is 0.474. The highest BCUT2D eigenvalue weighted by Crippen LogP contribution is 2.29. The molecule has 0 aliphatic carbocycles. The zero-order valence-electron chi connectivity index (χ0n) is 9.55. The molecule has 0 aromatic heterocycles. The lowest BCUT2D eigenvalue weighted by Gasteiger charge is -2.29. The molecule has 6 nitrogen and oxygen atoms in total. The van der Waals surface area contributed by atoms with Crippen LogP contribution in [0.1, 0.15) is 12.0 Å². The summed E-state index contributed by atoms with van der Waals surface area (Å²) >= 11 is 0. The average molecular weight is 231 g/mol. The number of amides is 2. The number of azide groups is 1. The second-order valence-electron chi connectivity index (χ2n) is 3.85. The predicted octanol–water partition coefficient (Wildman–Crippen LogP) is 2.86. The minimum absolute atomic E-state index is 0.0996. The Hall–Kier alpha value is -2.20. The first-order valence-corrected chi connectivity index (χ1v) is 5.44. The molecule has 0 atom stereocenters. The molecule has 1 aliphatic heterocycles. The van der Waals surface area contributed by atoms with Gasteiger partial charge in [-0.05, 0) is 30.5 Å². The van der Waals surface area contributed by atoms with Gasteiger partial charge in [0.2, 0.25) is 0 Å². The third-order valence-corrected chi connectivity index (χ3v) is 2.80. The molecule has 1 fully saturated rings. The smallest absolute Gasteiger partial charge is 0.321 e. The summed E-state index contributed by atoms with van der Waals surface area (Å²) in [5.74, 6) is 0. The lowest BCUT2D eigenvalue weighted by molar-refractivity contribution is 0.243.